The quantitative estimate of drug-likeness (QED) is 0.783. The molecule has 2 aromatic heterocycles. The van der Waals surface area contributed by atoms with Crippen molar-refractivity contribution in [2.24, 2.45) is 0 Å². The van der Waals surface area contributed by atoms with Crippen LogP contribution in [-0.2, 0) is 16.1 Å². The molecule has 25 heavy (non-hydrogen) atoms. The molecule has 1 fully saturated rings. The van der Waals surface area contributed by atoms with Crippen molar-refractivity contribution in [1.29, 1.82) is 0 Å². The number of pyridine rings is 1. The lowest BCUT2D eigenvalue weighted by Gasteiger charge is -2.15. The number of hydrogen-bond donors (Lipinski definition) is 0. The number of carbonyl (C=O) groups is 2. The Hall–Kier alpha value is -2.63. The van der Waals surface area contributed by atoms with Crippen molar-refractivity contribution < 1.29 is 14.3 Å². The van der Waals surface area contributed by atoms with Gasteiger partial charge >= 0.3 is 5.97 Å². The number of hydrogen-bond acceptors (Lipinski definition) is 4. The number of carbonyl (C=O) groups excluding carboxylic acids is 2. The Balaban J connectivity index is 1.66. The van der Waals surface area contributed by atoms with Crippen LogP contribution in [-0.4, -0.2) is 46.0 Å². The Bertz CT molecular complexity index is 762. The predicted octanol–water partition coefficient (Wildman–Crippen LogP) is 2.33. The zero-order valence-corrected chi connectivity index (χ0v) is 14.7. The number of aromatic nitrogens is 2. The van der Waals surface area contributed by atoms with Gasteiger partial charge in [-0.25, -0.2) is 4.79 Å². The van der Waals surface area contributed by atoms with Gasteiger partial charge in [0.1, 0.15) is 0 Å². The standard InChI is InChI=1S/C19H23N3O3/c1-14-11-17(15(2)22(14)12-16-7-3-4-8-20-16)19(24)25-13-18(23)21-9-5-6-10-21/h3-4,7-8,11H,5-6,9-10,12-13H2,1-2H3. The van der Waals surface area contributed by atoms with E-state index in [2.05, 4.69) is 4.98 Å². The molecule has 0 bridgehead atoms. The predicted molar refractivity (Wildman–Crippen MR) is 93.3 cm³/mol. The van der Waals surface area contributed by atoms with Gasteiger partial charge in [0, 0.05) is 30.7 Å². The molecule has 1 saturated heterocycles. The molecular weight excluding hydrogens is 318 g/mol. The van der Waals surface area contributed by atoms with E-state index < -0.39 is 5.97 Å². The molecule has 0 spiro atoms. The summed E-state index contributed by atoms with van der Waals surface area (Å²) in [7, 11) is 0. The Labute approximate surface area is 147 Å². The molecule has 0 radical (unpaired) electrons. The lowest BCUT2D eigenvalue weighted by molar-refractivity contribution is -0.133. The molecule has 0 atom stereocenters. The maximum Gasteiger partial charge on any atom is 0.340 e. The summed E-state index contributed by atoms with van der Waals surface area (Å²) < 4.78 is 7.27. The van der Waals surface area contributed by atoms with Crippen LogP contribution >= 0.6 is 0 Å². The van der Waals surface area contributed by atoms with Crippen LogP contribution in [0.3, 0.4) is 0 Å². The molecule has 132 valence electrons. The molecule has 1 aliphatic heterocycles. The molecule has 3 heterocycles. The SMILES string of the molecule is Cc1cc(C(=O)OCC(=O)N2CCCC2)c(C)n1Cc1ccccn1. The van der Waals surface area contributed by atoms with Crippen LogP contribution in [0.2, 0.25) is 0 Å². The van der Waals surface area contributed by atoms with E-state index >= 15 is 0 Å². The Morgan fingerprint density at radius 1 is 1.20 bits per heavy atom. The first kappa shape index (κ1) is 17.2. The first-order valence-corrected chi connectivity index (χ1v) is 8.58. The summed E-state index contributed by atoms with van der Waals surface area (Å²) in [5.41, 5.74) is 3.21. The molecule has 0 aromatic carbocycles. The van der Waals surface area contributed by atoms with Gasteiger partial charge in [-0.1, -0.05) is 6.07 Å². The van der Waals surface area contributed by atoms with Crippen LogP contribution in [0, 0.1) is 13.8 Å². The molecule has 0 saturated carbocycles. The third-order valence-corrected chi connectivity index (χ3v) is 4.63. The maximum atomic E-state index is 12.4. The zero-order chi connectivity index (χ0) is 17.8. The summed E-state index contributed by atoms with van der Waals surface area (Å²) in [6.45, 7) is 5.75. The average molecular weight is 341 g/mol. The summed E-state index contributed by atoms with van der Waals surface area (Å²) in [6, 6.07) is 7.57. The number of ether oxygens (including phenoxy) is 1. The second kappa shape index (κ2) is 7.51. The van der Waals surface area contributed by atoms with Gasteiger partial charge in [0.2, 0.25) is 0 Å². The molecule has 0 unspecified atom stereocenters. The minimum Gasteiger partial charge on any atom is -0.452 e. The largest absolute Gasteiger partial charge is 0.452 e. The summed E-state index contributed by atoms with van der Waals surface area (Å²) in [4.78, 5) is 30.5. The molecule has 6 nitrogen and oxygen atoms in total. The van der Waals surface area contributed by atoms with Crippen molar-refractivity contribution in [3.05, 3.63) is 53.1 Å². The van der Waals surface area contributed by atoms with Crippen LogP contribution in [0.25, 0.3) is 0 Å². The van der Waals surface area contributed by atoms with Gasteiger partial charge in [-0.3, -0.25) is 9.78 Å². The molecular formula is C19H23N3O3. The monoisotopic (exact) mass is 341 g/mol. The lowest BCUT2D eigenvalue weighted by atomic mass is 10.2. The maximum absolute atomic E-state index is 12.4. The summed E-state index contributed by atoms with van der Waals surface area (Å²) in [6.07, 6.45) is 3.80. The number of nitrogens with zero attached hydrogens (tertiary/aromatic N) is 3. The summed E-state index contributed by atoms with van der Waals surface area (Å²) in [5, 5.41) is 0. The minimum absolute atomic E-state index is 0.117. The van der Waals surface area contributed by atoms with E-state index in [1.165, 1.54) is 0 Å². The Morgan fingerprint density at radius 2 is 1.96 bits per heavy atom. The number of aryl methyl sites for hydroxylation is 1. The van der Waals surface area contributed by atoms with Crippen molar-refractivity contribution in [2.45, 2.75) is 33.2 Å². The van der Waals surface area contributed by atoms with E-state index in [4.69, 9.17) is 4.74 Å². The third kappa shape index (κ3) is 3.90. The van der Waals surface area contributed by atoms with E-state index in [1.54, 1.807) is 17.2 Å². The van der Waals surface area contributed by atoms with E-state index in [0.29, 0.717) is 12.1 Å². The normalized spacial score (nSPS) is 13.9. The summed E-state index contributed by atoms with van der Waals surface area (Å²) >= 11 is 0. The highest BCUT2D eigenvalue weighted by atomic mass is 16.5. The van der Waals surface area contributed by atoms with Crippen molar-refractivity contribution in [1.82, 2.24) is 14.5 Å². The fourth-order valence-corrected chi connectivity index (χ4v) is 3.17. The van der Waals surface area contributed by atoms with Gasteiger partial charge in [0.15, 0.2) is 6.61 Å². The van der Waals surface area contributed by atoms with Crippen LogP contribution in [0.4, 0.5) is 0 Å². The van der Waals surface area contributed by atoms with E-state index in [0.717, 1.165) is 43.0 Å². The average Bonchev–Trinajstić information content (AvgIpc) is 3.25. The molecule has 1 amide bonds. The second-order valence-electron chi connectivity index (χ2n) is 6.36. The molecule has 0 N–H and O–H groups in total. The van der Waals surface area contributed by atoms with Crippen LogP contribution in [0.5, 0.6) is 0 Å². The van der Waals surface area contributed by atoms with Gasteiger partial charge in [0.05, 0.1) is 17.8 Å². The van der Waals surface area contributed by atoms with Gasteiger partial charge in [0.25, 0.3) is 5.91 Å². The van der Waals surface area contributed by atoms with Gasteiger partial charge in [-0.15, -0.1) is 0 Å². The first-order valence-electron chi connectivity index (χ1n) is 8.58. The Morgan fingerprint density at radius 3 is 2.64 bits per heavy atom. The van der Waals surface area contributed by atoms with E-state index in [1.807, 2.05) is 36.6 Å². The molecule has 0 aliphatic carbocycles. The highest BCUT2D eigenvalue weighted by Crippen LogP contribution is 2.18. The number of rotatable bonds is 5. The van der Waals surface area contributed by atoms with Gasteiger partial charge < -0.3 is 14.2 Å². The van der Waals surface area contributed by atoms with Crippen LogP contribution in [0.15, 0.2) is 30.5 Å². The van der Waals surface area contributed by atoms with E-state index in [-0.39, 0.29) is 12.5 Å². The zero-order valence-electron chi connectivity index (χ0n) is 14.7. The van der Waals surface area contributed by atoms with Crippen LogP contribution < -0.4 is 0 Å². The molecule has 1 aliphatic rings. The minimum atomic E-state index is -0.451. The van der Waals surface area contributed by atoms with Crippen molar-refractivity contribution in [3.63, 3.8) is 0 Å². The second-order valence-corrected chi connectivity index (χ2v) is 6.36. The fourth-order valence-electron chi connectivity index (χ4n) is 3.17. The van der Waals surface area contributed by atoms with Crippen LogP contribution in [0.1, 0.15) is 40.3 Å². The smallest absolute Gasteiger partial charge is 0.340 e. The number of likely N-dealkylation sites (tertiary alicyclic amines) is 1. The lowest BCUT2D eigenvalue weighted by Crippen LogP contribution is -2.32. The van der Waals surface area contributed by atoms with Crippen molar-refractivity contribution in [2.75, 3.05) is 19.7 Å². The number of esters is 1. The van der Waals surface area contributed by atoms with Gasteiger partial charge in [-0.05, 0) is 44.9 Å². The highest BCUT2D eigenvalue weighted by molar-refractivity contribution is 5.92. The fraction of sp³-hybridized carbons (Fsp3) is 0.421. The Kier molecular flexibility index (Phi) is 5.16. The third-order valence-electron chi connectivity index (χ3n) is 4.63. The molecule has 6 heteroatoms. The topological polar surface area (TPSA) is 64.4 Å². The van der Waals surface area contributed by atoms with Crippen molar-refractivity contribution >= 4 is 11.9 Å². The highest BCUT2D eigenvalue weighted by Gasteiger charge is 2.22. The molecule has 2 aromatic rings. The van der Waals surface area contributed by atoms with Crippen molar-refractivity contribution in [3.8, 4) is 0 Å². The summed E-state index contributed by atoms with van der Waals surface area (Å²) in [5.74, 6) is -0.568. The number of amides is 1. The molecule has 3 rings (SSSR count). The first-order chi connectivity index (χ1) is 12.1. The van der Waals surface area contributed by atoms with E-state index in [9.17, 15) is 9.59 Å². The van der Waals surface area contributed by atoms with Gasteiger partial charge in [-0.2, -0.15) is 0 Å².